The highest BCUT2D eigenvalue weighted by Crippen LogP contribution is 2.42. The highest BCUT2D eigenvalue weighted by atomic mass is 16.2. The number of hydrogen-bond acceptors (Lipinski definition) is 2. The Morgan fingerprint density at radius 1 is 1.00 bits per heavy atom. The quantitative estimate of drug-likeness (QED) is 0.755. The first-order valence-corrected chi connectivity index (χ1v) is 10.5. The summed E-state index contributed by atoms with van der Waals surface area (Å²) in [7, 11) is 0. The van der Waals surface area contributed by atoms with E-state index in [1.807, 2.05) is 0 Å². The second-order valence-electron chi connectivity index (χ2n) is 7.91. The van der Waals surface area contributed by atoms with E-state index in [0.717, 1.165) is 31.5 Å². The summed E-state index contributed by atoms with van der Waals surface area (Å²) in [6.07, 6.45) is 6.72. The lowest BCUT2D eigenvalue weighted by atomic mass is 9.85. The molecular weight excluding hydrogens is 332 g/mol. The fourth-order valence-electron chi connectivity index (χ4n) is 4.83. The molecule has 2 aromatic rings. The van der Waals surface area contributed by atoms with Crippen LogP contribution in [-0.2, 0) is 4.79 Å². The van der Waals surface area contributed by atoms with Crippen molar-refractivity contribution >= 4 is 11.6 Å². The maximum absolute atomic E-state index is 13.4. The normalized spacial score (nSPS) is 22.6. The molecule has 2 atom stereocenters. The van der Waals surface area contributed by atoms with Crippen LogP contribution in [-0.4, -0.2) is 17.4 Å². The highest BCUT2D eigenvalue weighted by molar-refractivity contribution is 5.80. The van der Waals surface area contributed by atoms with Gasteiger partial charge in [0, 0.05) is 18.2 Å². The summed E-state index contributed by atoms with van der Waals surface area (Å²) in [5.74, 6) is 0.585. The van der Waals surface area contributed by atoms with Crippen LogP contribution in [0.5, 0.6) is 0 Å². The maximum atomic E-state index is 13.4. The lowest BCUT2D eigenvalue weighted by molar-refractivity contribution is -0.139. The molecule has 1 fully saturated rings. The van der Waals surface area contributed by atoms with Gasteiger partial charge in [-0.1, -0.05) is 67.8 Å². The summed E-state index contributed by atoms with van der Waals surface area (Å²) in [4.78, 5) is 15.5. The molecule has 0 saturated heterocycles. The molecule has 0 aromatic heterocycles. The van der Waals surface area contributed by atoms with E-state index in [1.165, 1.54) is 30.4 Å². The number of nitrogens with zero attached hydrogens (tertiary/aromatic N) is 1. The third kappa shape index (κ3) is 3.73. The van der Waals surface area contributed by atoms with Gasteiger partial charge in [-0.2, -0.15) is 0 Å². The fraction of sp³-hybridized carbons (Fsp3) is 0.458. The number of para-hydroxylation sites is 1. The summed E-state index contributed by atoms with van der Waals surface area (Å²) in [5.41, 5.74) is 3.71. The third-order valence-corrected chi connectivity index (χ3v) is 6.26. The van der Waals surface area contributed by atoms with Crippen LogP contribution in [0.3, 0.4) is 0 Å². The zero-order valence-corrected chi connectivity index (χ0v) is 16.2. The molecule has 2 aromatic carbocycles. The van der Waals surface area contributed by atoms with Gasteiger partial charge < -0.3 is 10.2 Å². The molecule has 0 bridgehead atoms. The number of fused-ring (bicyclic) bond motifs is 1. The Labute approximate surface area is 162 Å². The van der Waals surface area contributed by atoms with Gasteiger partial charge in [-0.15, -0.1) is 0 Å². The Kier molecular flexibility index (Phi) is 5.47. The van der Waals surface area contributed by atoms with Crippen molar-refractivity contribution in [2.24, 2.45) is 5.92 Å². The molecule has 3 nitrogen and oxygen atoms in total. The summed E-state index contributed by atoms with van der Waals surface area (Å²) in [6, 6.07) is 19.5. The maximum Gasteiger partial charge on any atom is 0.226 e. The molecule has 1 amide bonds. The Balaban J connectivity index is 1.65. The first-order valence-electron chi connectivity index (χ1n) is 10.5. The Morgan fingerprint density at radius 2 is 1.70 bits per heavy atom. The van der Waals surface area contributed by atoms with Crippen LogP contribution in [0.2, 0.25) is 0 Å². The van der Waals surface area contributed by atoms with Crippen LogP contribution in [0.1, 0.15) is 68.7 Å². The van der Waals surface area contributed by atoms with Crippen molar-refractivity contribution in [1.82, 2.24) is 4.90 Å². The van der Waals surface area contributed by atoms with E-state index in [4.69, 9.17) is 0 Å². The van der Waals surface area contributed by atoms with Gasteiger partial charge in [0.25, 0.3) is 0 Å². The second-order valence-corrected chi connectivity index (χ2v) is 7.91. The molecule has 3 heteroatoms. The zero-order chi connectivity index (χ0) is 18.6. The standard InChI is InChI=1S/C24H30N2O/c1-2-26(24(27)19-13-7-4-8-14-19)23-17-22(18-11-5-3-6-12-18)25-21-16-10-9-15-20(21)23/h3,5-6,9-12,15-16,19,22-23,25H,2,4,7-8,13-14,17H2,1H3/t22-,23-/m1/s1. The molecule has 1 aliphatic heterocycles. The van der Waals surface area contributed by atoms with Crippen molar-refractivity contribution in [3.63, 3.8) is 0 Å². The van der Waals surface area contributed by atoms with Crippen molar-refractivity contribution in [3.8, 4) is 0 Å². The predicted octanol–water partition coefficient (Wildman–Crippen LogP) is 5.71. The van der Waals surface area contributed by atoms with E-state index < -0.39 is 0 Å². The molecule has 1 N–H and O–H groups in total. The zero-order valence-electron chi connectivity index (χ0n) is 16.2. The summed E-state index contributed by atoms with van der Waals surface area (Å²) >= 11 is 0. The smallest absolute Gasteiger partial charge is 0.226 e. The van der Waals surface area contributed by atoms with E-state index in [-0.39, 0.29) is 18.0 Å². The SMILES string of the molecule is CCN(C(=O)C1CCCCC1)[C@@H]1C[C@H](c2ccccc2)Nc2ccccc21. The van der Waals surface area contributed by atoms with Gasteiger partial charge in [-0.25, -0.2) is 0 Å². The first kappa shape index (κ1) is 18.1. The summed E-state index contributed by atoms with van der Waals surface area (Å²) in [5, 5.41) is 3.70. The molecule has 27 heavy (non-hydrogen) atoms. The van der Waals surface area contributed by atoms with Crippen molar-refractivity contribution in [2.45, 2.75) is 57.5 Å². The van der Waals surface area contributed by atoms with Crippen LogP contribution in [0.25, 0.3) is 0 Å². The molecule has 142 valence electrons. The van der Waals surface area contributed by atoms with Crippen molar-refractivity contribution < 1.29 is 4.79 Å². The van der Waals surface area contributed by atoms with Crippen LogP contribution >= 0.6 is 0 Å². The van der Waals surface area contributed by atoms with Crippen molar-refractivity contribution in [3.05, 3.63) is 65.7 Å². The molecule has 0 spiro atoms. The van der Waals surface area contributed by atoms with E-state index in [0.29, 0.717) is 5.91 Å². The molecule has 2 aliphatic rings. The van der Waals surface area contributed by atoms with Gasteiger partial charge in [0.1, 0.15) is 0 Å². The number of nitrogens with one attached hydrogen (secondary N) is 1. The molecule has 0 radical (unpaired) electrons. The average Bonchev–Trinajstić information content (AvgIpc) is 2.75. The minimum atomic E-state index is 0.145. The van der Waals surface area contributed by atoms with Gasteiger partial charge in [0.2, 0.25) is 5.91 Å². The van der Waals surface area contributed by atoms with Gasteiger partial charge in [0.15, 0.2) is 0 Å². The van der Waals surface area contributed by atoms with E-state index in [1.54, 1.807) is 0 Å². The van der Waals surface area contributed by atoms with Gasteiger partial charge in [-0.3, -0.25) is 4.79 Å². The topological polar surface area (TPSA) is 32.3 Å². The number of benzene rings is 2. The van der Waals surface area contributed by atoms with Gasteiger partial charge >= 0.3 is 0 Å². The molecule has 1 heterocycles. The van der Waals surface area contributed by atoms with Crippen molar-refractivity contribution in [2.75, 3.05) is 11.9 Å². The Hall–Kier alpha value is -2.29. The van der Waals surface area contributed by atoms with E-state index >= 15 is 0 Å². The predicted molar refractivity (Wildman–Crippen MR) is 111 cm³/mol. The Bertz CT molecular complexity index is 767. The number of rotatable bonds is 4. The lowest BCUT2D eigenvalue weighted by Gasteiger charge is -2.41. The van der Waals surface area contributed by atoms with Crippen LogP contribution < -0.4 is 5.32 Å². The van der Waals surface area contributed by atoms with E-state index in [9.17, 15) is 4.79 Å². The molecule has 1 saturated carbocycles. The van der Waals surface area contributed by atoms with Crippen LogP contribution in [0.4, 0.5) is 5.69 Å². The number of carbonyl (C=O) groups is 1. The monoisotopic (exact) mass is 362 g/mol. The van der Waals surface area contributed by atoms with Gasteiger partial charge in [0.05, 0.1) is 12.1 Å². The van der Waals surface area contributed by atoms with Gasteiger partial charge in [-0.05, 0) is 43.4 Å². The highest BCUT2D eigenvalue weighted by Gasteiger charge is 2.35. The first-order chi connectivity index (χ1) is 13.3. The van der Waals surface area contributed by atoms with Crippen LogP contribution in [0, 0.1) is 5.92 Å². The fourth-order valence-corrected chi connectivity index (χ4v) is 4.83. The minimum absolute atomic E-state index is 0.145. The molecule has 4 rings (SSSR count). The second kappa shape index (κ2) is 8.16. The summed E-state index contributed by atoms with van der Waals surface area (Å²) in [6.45, 7) is 2.90. The number of amides is 1. The summed E-state index contributed by atoms with van der Waals surface area (Å²) < 4.78 is 0. The third-order valence-electron chi connectivity index (χ3n) is 6.26. The lowest BCUT2D eigenvalue weighted by Crippen LogP contribution is -2.42. The van der Waals surface area contributed by atoms with Crippen LogP contribution in [0.15, 0.2) is 54.6 Å². The number of carbonyl (C=O) groups excluding carboxylic acids is 1. The number of hydrogen-bond donors (Lipinski definition) is 1. The average molecular weight is 363 g/mol. The largest absolute Gasteiger partial charge is 0.378 e. The molecule has 0 unspecified atom stereocenters. The van der Waals surface area contributed by atoms with E-state index in [2.05, 4.69) is 71.7 Å². The minimum Gasteiger partial charge on any atom is -0.378 e. The molecular formula is C24H30N2O. The van der Waals surface area contributed by atoms with Crippen molar-refractivity contribution in [1.29, 1.82) is 0 Å². The molecule has 1 aliphatic carbocycles. The Morgan fingerprint density at radius 3 is 2.44 bits per heavy atom. The number of anilines is 1.